The van der Waals surface area contributed by atoms with Crippen LogP contribution >= 0.6 is 27.3 Å². The molecule has 0 radical (unpaired) electrons. The number of nitrogens with one attached hydrogen (secondary N) is 1. The van der Waals surface area contributed by atoms with Gasteiger partial charge in [-0.3, -0.25) is 0 Å². The van der Waals surface area contributed by atoms with Crippen LogP contribution in [0.2, 0.25) is 0 Å². The number of thiophene rings is 1. The zero-order valence-corrected chi connectivity index (χ0v) is 13.9. The smallest absolute Gasteiger partial charge is 0.0363 e. The van der Waals surface area contributed by atoms with Crippen molar-refractivity contribution in [1.82, 2.24) is 5.32 Å². The predicted molar refractivity (Wildman–Crippen MR) is 87.9 cm³/mol. The van der Waals surface area contributed by atoms with E-state index in [1.807, 2.05) is 0 Å². The molecule has 0 saturated carbocycles. The zero-order valence-electron chi connectivity index (χ0n) is 11.4. The lowest BCUT2D eigenvalue weighted by molar-refractivity contribution is 0.527. The van der Waals surface area contributed by atoms with Gasteiger partial charge in [-0.25, -0.2) is 0 Å². The van der Waals surface area contributed by atoms with Crippen LogP contribution in [0.15, 0.2) is 39.5 Å². The lowest BCUT2D eigenvalue weighted by atomic mass is 9.96. The van der Waals surface area contributed by atoms with Crippen molar-refractivity contribution in [1.29, 1.82) is 0 Å². The van der Waals surface area contributed by atoms with Gasteiger partial charge in [-0.1, -0.05) is 28.9 Å². The Kier molecular flexibility index (Phi) is 5.61. The molecule has 0 spiro atoms. The van der Waals surface area contributed by atoms with Crippen LogP contribution in [0.5, 0.6) is 0 Å². The summed E-state index contributed by atoms with van der Waals surface area (Å²) in [7, 11) is 0. The predicted octanol–water partition coefficient (Wildman–Crippen LogP) is 5.10. The number of hydrogen-bond donors (Lipinski definition) is 1. The molecule has 0 saturated heterocycles. The molecular weight excluding hydrogens is 318 g/mol. The number of rotatable bonds is 6. The van der Waals surface area contributed by atoms with Gasteiger partial charge in [0.15, 0.2) is 0 Å². The maximum atomic E-state index is 3.67. The summed E-state index contributed by atoms with van der Waals surface area (Å²) >= 11 is 5.31. The van der Waals surface area contributed by atoms with E-state index in [1.54, 1.807) is 11.3 Å². The molecule has 0 aliphatic heterocycles. The van der Waals surface area contributed by atoms with Gasteiger partial charge in [0.2, 0.25) is 0 Å². The van der Waals surface area contributed by atoms with Crippen molar-refractivity contribution in [2.24, 2.45) is 0 Å². The van der Waals surface area contributed by atoms with E-state index >= 15 is 0 Å². The minimum atomic E-state index is 0.405. The molecule has 0 aliphatic carbocycles. The SMILES string of the molecule is CCCNC(Cc1ccsc1)c1ccc(Br)cc1C. The van der Waals surface area contributed by atoms with Crippen LogP contribution in [-0.2, 0) is 6.42 Å². The second kappa shape index (κ2) is 7.22. The highest BCUT2D eigenvalue weighted by molar-refractivity contribution is 9.10. The molecule has 102 valence electrons. The molecule has 1 N–H and O–H groups in total. The monoisotopic (exact) mass is 337 g/mol. The minimum absolute atomic E-state index is 0.405. The largest absolute Gasteiger partial charge is 0.310 e. The van der Waals surface area contributed by atoms with Gasteiger partial charge in [0, 0.05) is 10.5 Å². The molecule has 0 fully saturated rings. The average Bonchev–Trinajstić information content (AvgIpc) is 2.88. The van der Waals surface area contributed by atoms with Crippen molar-refractivity contribution >= 4 is 27.3 Å². The van der Waals surface area contributed by atoms with Crippen LogP contribution in [0, 0.1) is 6.92 Å². The molecule has 3 heteroatoms. The van der Waals surface area contributed by atoms with Gasteiger partial charge < -0.3 is 5.32 Å². The van der Waals surface area contributed by atoms with Gasteiger partial charge in [-0.2, -0.15) is 11.3 Å². The molecule has 2 aromatic rings. The molecule has 1 aromatic carbocycles. The molecule has 19 heavy (non-hydrogen) atoms. The highest BCUT2D eigenvalue weighted by Crippen LogP contribution is 2.25. The van der Waals surface area contributed by atoms with Crippen LogP contribution in [-0.4, -0.2) is 6.54 Å². The first-order valence-corrected chi connectivity index (χ1v) is 8.44. The van der Waals surface area contributed by atoms with E-state index in [0.29, 0.717) is 6.04 Å². The molecule has 0 aliphatic rings. The number of aryl methyl sites for hydroxylation is 1. The summed E-state index contributed by atoms with van der Waals surface area (Å²) in [6, 6.07) is 9.20. The first-order valence-electron chi connectivity index (χ1n) is 6.71. The molecule has 0 bridgehead atoms. The van der Waals surface area contributed by atoms with Crippen LogP contribution in [0.4, 0.5) is 0 Å². The van der Waals surface area contributed by atoms with Crippen LogP contribution in [0.3, 0.4) is 0 Å². The van der Waals surface area contributed by atoms with Gasteiger partial charge >= 0.3 is 0 Å². The summed E-state index contributed by atoms with van der Waals surface area (Å²) in [5, 5.41) is 8.07. The van der Waals surface area contributed by atoms with Crippen molar-refractivity contribution in [3.05, 3.63) is 56.2 Å². The van der Waals surface area contributed by atoms with Crippen molar-refractivity contribution in [2.75, 3.05) is 6.54 Å². The zero-order chi connectivity index (χ0) is 13.7. The third-order valence-corrected chi connectivity index (χ3v) is 4.49. The standard InChI is InChI=1S/C16H20BrNS/c1-3-7-18-16(10-13-6-8-19-11-13)15-5-4-14(17)9-12(15)2/h4-6,8-9,11,16,18H,3,7,10H2,1-2H3. The Morgan fingerprint density at radius 3 is 2.79 bits per heavy atom. The lowest BCUT2D eigenvalue weighted by Crippen LogP contribution is -2.24. The Balaban J connectivity index is 2.20. The third-order valence-electron chi connectivity index (χ3n) is 3.27. The Hall–Kier alpha value is -0.640. The van der Waals surface area contributed by atoms with Crippen LogP contribution < -0.4 is 5.32 Å². The molecule has 1 unspecified atom stereocenters. The minimum Gasteiger partial charge on any atom is -0.310 e. The third kappa shape index (κ3) is 4.16. The van der Waals surface area contributed by atoms with Crippen molar-refractivity contribution in [3.63, 3.8) is 0 Å². The van der Waals surface area contributed by atoms with Gasteiger partial charge in [-0.05, 0) is 72.0 Å². The van der Waals surface area contributed by atoms with E-state index < -0.39 is 0 Å². The van der Waals surface area contributed by atoms with Crippen molar-refractivity contribution < 1.29 is 0 Å². The Morgan fingerprint density at radius 1 is 1.32 bits per heavy atom. The Morgan fingerprint density at radius 2 is 2.16 bits per heavy atom. The van der Waals surface area contributed by atoms with Crippen LogP contribution in [0.1, 0.15) is 36.1 Å². The van der Waals surface area contributed by atoms with Crippen LogP contribution in [0.25, 0.3) is 0 Å². The molecule has 1 aromatic heterocycles. The summed E-state index contributed by atoms with van der Waals surface area (Å²) in [4.78, 5) is 0. The highest BCUT2D eigenvalue weighted by Gasteiger charge is 2.14. The van der Waals surface area contributed by atoms with E-state index in [9.17, 15) is 0 Å². The number of hydrogen-bond acceptors (Lipinski definition) is 2. The Bertz CT molecular complexity index is 507. The summed E-state index contributed by atoms with van der Waals surface area (Å²) in [6.07, 6.45) is 2.22. The number of halogens is 1. The van der Waals surface area contributed by atoms with E-state index in [-0.39, 0.29) is 0 Å². The van der Waals surface area contributed by atoms with E-state index in [1.165, 1.54) is 16.7 Å². The number of benzene rings is 1. The summed E-state index contributed by atoms with van der Waals surface area (Å²) in [5.74, 6) is 0. The Labute approximate surface area is 128 Å². The summed E-state index contributed by atoms with van der Waals surface area (Å²) in [5.41, 5.74) is 4.17. The quantitative estimate of drug-likeness (QED) is 0.772. The highest BCUT2D eigenvalue weighted by atomic mass is 79.9. The second-order valence-corrected chi connectivity index (χ2v) is 6.54. The van der Waals surface area contributed by atoms with Gasteiger partial charge in [0.25, 0.3) is 0 Å². The fourth-order valence-electron chi connectivity index (χ4n) is 2.29. The fourth-order valence-corrected chi connectivity index (χ4v) is 3.44. The van der Waals surface area contributed by atoms with E-state index in [2.05, 4.69) is 70.1 Å². The topological polar surface area (TPSA) is 12.0 Å². The van der Waals surface area contributed by atoms with Crippen molar-refractivity contribution in [2.45, 2.75) is 32.7 Å². The molecule has 0 amide bonds. The van der Waals surface area contributed by atoms with Gasteiger partial charge in [0.1, 0.15) is 0 Å². The first kappa shape index (κ1) is 14.8. The molecular formula is C16H20BrNS. The molecule has 1 nitrogen and oxygen atoms in total. The summed E-state index contributed by atoms with van der Waals surface area (Å²) in [6.45, 7) is 5.46. The second-order valence-electron chi connectivity index (χ2n) is 4.84. The maximum Gasteiger partial charge on any atom is 0.0363 e. The fraction of sp³-hybridized carbons (Fsp3) is 0.375. The van der Waals surface area contributed by atoms with E-state index in [4.69, 9.17) is 0 Å². The first-order chi connectivity index (χ1) is 9.20. The maximum absolute atomic E-state index is 3.67. The molecule has 1 atom stereocenters. The molecule has 1 heterocycles. The van der Waals surface area contributed by atoms with Crippen molar-refractivity contribution in [3.8, 4) is 0 Å². The van der Waals surface area contributed by atoms with Gasteiger partial charge in [-0.15, -0.1) is 0 Å². The van der Waals surface area contributed by atoms with E-state index in [0.717, 1.165) is 23.9 Å². The average molecular weight is 338 g/mol. The van der Waals surface area contributed by atoms with Gasteiger partial charge in [0.05, 0.1) is 0 Å². The normalized spacial score (nSPS) is 12.6. The summed E-state index contributed by atoms with van der Waals surface area (Å²) < 4.78 is 1.15. The molecule has 2 rings (SSSR count). The lowest BCUT2D eigenvalue weighted by Gasteiger charge is -2.21.